The van der Waals surface area contributed by atoms with Crippen LogP contribution < -0.4 is 10.2 Å². The highest BCUT2D eigenvalue weighted by Gasteiger charge is 1.99. The van der Waals surface area contributed by atoms with Gasteiger partial charge in [-0.25, -0.2) is 4.39 Å². The van der Waals surface area contributed by atoms with Crippen molar-refractivity contribution in [2.45, 2.75) is 0 Å². The molecule has 2 aromatic carbocycles. The van der Waals surface area contributed by atoms with Gasteiger partial charge in [-0.2, -0.15) is 0 Å². The minimum atomic E-state index is -0.294. The van der Waals surface area contributed by atoms with Crippen LogP contribution in [0.25, 0.3) is 6.08 Å². The largest absolute Gasteiger partial charge is 0.378 e. The molecule has 0 aromatic heterocycles. The van der Waals surface area contributed by atoms with Crippen LogP contribution in [0.3, 0.4) is 0 Å². The van der Waals surface area contributed by atoms with Crippen LogP contribution in [0.4, 0.5) is 15.8 Å². The van der Waals surface area contributed by atoms with Gasteiger partial charge >= 0.3 is 0 Å². The van der Waals surface area contributed by atoms with Crippen molar-refractivity contribution in [2.24, 2.45) is 0 Å². The fraction of sp³-hybridized carbons (Fsp3) is 0.118. The zero-order chi connectivity index (χ0) is 15.2. The summed E-state index contributed by atoms with van der Waals surface area (Å²) < 4.78 is 12.8. The van der Waals surface area contributed by atoms with E-state index in [0.29, 0.717) is 0 Å². The van der Waals surface area contributed by atoms with Crippen LogP contribution in [0.15, 0.2) is 54.6 Å². The lowest BCUT2D eigenvalue weighted by atomic mass is 10.2. The first-order chi connectivity index (χ1) is 10.0. The third kappa shape index (κ3) is 4.45. The molecule has 2 aromatic rings. The maximum atomic E-state index is 12.8. The quantitative estimate of drug-likeness (QED) is 0.871. The fourth-order valence-electron chi connectivity index (χ4n) is 1.77. The molecule has 21 heavy (non-hydrogen) atoms. The summed E-state index contributed by atoms with van der Waals surface area (Å²) in [6.07, 6.45) is 3.07. The number of amides is 1. The summed E-state index contributed by atoms with van der Waals surface area (Å²) in [6.45, 7) is 0. The molecule has 1 N–H and O–H groups in total. The number of hydrogen-bond acceptors (Lipinski definition) is 2. The van der Waals surface area contributed by atoms with Crippen LogP contribution >= 0.6 is 0 Å². The summed E-state index contributed by atoms with van der Waals surface area (Å²) in [6, 6.07) is 13.5. The summed E-state index contributed by atoms with van der Waals surface area (Å²) in [4.78, 5) is 13.8. The maximum Gasteiger partial charge on any atom is 0.248 e. The number of carbonyl (C=O) groups excluding carboxylic acids is 1. The molecule has 0 saturated carbocycles. The molecular weight excluding hydrogens is 267 g/mol. The fourth-order valence-corrected chi connectivity index (χ4v) is 1.77. The van der Waals surface area contributed by atoms with Crippen molar-refractivity contribution >= 4 is 23.4 Å². The highest BCUT2D eigenvalue weighted by atomic mass is 19.1. The molecule has 4 heteroatoms. The van der Waals surface area contributed by atoms with Crippen molar-refractivity contribution in [2.75, 3.05) is 24.3 Å². The molecule has 0 atom stereocenters. The van der Waals surface area contributed by atoms with E-state index in [1.54, 1.807) is 18.2 Å². The van der Waals surface area contributed by atoms with E-state index in [9.17, 15) is 9.18 Å². The van der Waals surface area contributed by atoms with Crippen LogP contribution in [-0.2, 0) is 4.79 Å². The maximum absolute atomic E-state index is 12.8. The van der Waals surface area contributed by atoms with Gasteiger partial charge in [-0.05, 0) is 48.0 Å². The standard InChI is InChI=1S/C17H17FN2O/c1-20(2)16-10-8-15(9-11-16)19-17(21)12-5-13-3-6-14(18)7-4-13/h3-12H,1-2H3,(H,19,21)/b12-5+. The molecule has 0 aliphatic carbocycles. The van der Waals surface area contributed by atoms with E-state index in [1.807, 2.05) is 43.3 Å². The molecule has 0 bridgehead atoms. The lowest BCUT2D eigenvalue weighted by Gasteiger charge is -2.12. The van der Waals surface area contributed by atoms with E-state index in [0.717, 1.165) is 16.9 Å². The highest BCUT2D eigenvalue weighted by Crippen LogP contribution is 2.15. The van der Waals surface area contributed by atoms with Gasteiger partial charge in [0.2, 0.25) is 5.91 Å². The molecule has 0 heterocycles. The first-order valence-electron chi connectivity index (χ1n) is 6.56. The summed E-state index contributed by atoms with van der Waals surface area (Å²) >= 11 is 0. The average Bonchev–Trinajstić information content (AvgIpc) is 2.47. The van der Waals surface area contributed by atoms with Crippen molar-refractivity contribution in [1.82, 2.24) is 0 Å². The Morgan fingerprint density at radius 2 is 1.67 bits per heavy atom. The molecule has 1 amide bonds. The van der Waals surface area contributed by atoms with Crippen molar-refractivity contribution in [3.8, 4) is 0 Å². The summed E-state index contributed by atoms with van der Waals surface area (Å²) in [5.74, 6) is -0.519. The summed E-state index contributed by atoms with van der Waals surface area (Å²) in [5.41, 5.74) is 2.57. The summed E-state index contributed by atoms with van der Waals surface area (Å²) in [7, 11) is 3.91. The van der Waals surface area contributed by atoms with Gasteiger partial charge in [0.25, 0.3) is 0 Å². The van der Waals surface area contributed by atoms with E-state index in [1.165, 1.54) is 18.2 Å². The Bertz CT molecular complexity index is 631. The van der Waals surface area contributed by atoms with Gasteiger partial charge < -0.3 is 10.2 Å². The minimum Gasteiger partial charge on any atom is -0.378 e. The predicted octanol–water partition coefficient (Wildman–Crippen LogP) is 3.54. The van der Waals surface area contributed by atoms with E-state index in [-0.39, 0.29) is 11.7 Å². The minimum absolute atomic E-state index is 0.225. The molecule has 108 valence electrons. The number of benzene rings is 2. The van der Waals surface area contributed by atoms with Crippen molar-refractivity contribution in [3.63, 3.8) is 0 Å². The molecule has 2 rings (SSSR count). The Kier molecular flexibility index (Phi) is 4.72. The van der Waals surface area contributed by atoms with Gasteiger partial charge in [0.15, 0.2) is 0 Å². The topological polar surface area (TPSA) is 32.3 Å². The van der Waals surface area contributed by atoms with Gasteiger partial charge in [0.1, 0.15) is 5.82 Å². The Balaban J connectivity index is 1.96. The molecule has 0 aliphatic rings. The zero-order valence-electron chi connectivity index (χ0n) is 12.0. The van der Waals surface area contributed by atoms with Gasteiger partial charge in [0, 0.05) is 31.5 Å². The van der Waals surface area contributed by atoms with E-state index < -0.39 is 0 Å². The molecule has 0 radical (unpaired) electrons. The second-order valence-electron chi connectivity index (χ2n) is 4.82. The predicted molar refractivity (Wildman–Crippen MR) is 84.8 cm³/mol. The number of hydrogen-bond donors (Lipinski definition) is 1. The second kappa shape index (κ2) is 6.70. The normalized spacial score (nSPS) is 10.6. The number of halogens is 1. The highest BCUT2D eigenvalue weighted by molar-refractivity contribution is 6.01. The SMILES string of the molecule is CN(C)c1ccc(NC(=O)/C=C/c2ccc(F)cc2)cc1. The second-order valence-corrected chi connectivity index (χ2v) is 4.82. The van der Waals surface area contributed by atoms with E-state index in [4.69, 9.17) is 0 Å². The van der Waals surface area contributed by atoms with Crippen LogP contribution in [0.5, 0.6) is 0 Å². The first-order valence-corrected chi connectivity index (χ1v) is 6.56. The molecule has 0 fully saturated rings. The lowest BCUT2D eigenvalue weighted by molar-refractivity contribution is -0.111. The van der Waals surface area contributed by atoms with Crippen LogP contribution in [0, 0.1) is 5.82 Å². The molecule has 3 nitrogen and oxygen atoms in total. The Morgan fingerprint density at radius 3 is 2.24 bits per heavy atom. The zero-order valence-corrected chi connectivity index (χ0v) is 12.0. The van der Waals surface area contributed by atoms with Crippen molar-refractivity contribution in [3.05, 3.63) is 66.0 Å². The van der Waals surface area contributed by atoms with Gasteiger partial charge in [-0.3, -0.25) is 4.79 Å². The molecule has 0 saturated heterocycles. The van der Waals surface area contributed by atoms with E-state index >= 15 is 0 Å². The lowest BCUT2D eigenvalue weighted by Crippen LogP contribution is -2.10. The van der Waals surface area contributed by atoms with Crippen molar-refractivity contribution < 1.29 is 9.18 Å². The number of rotatable bonds is 4. The van der Waals surface area contributed by atoms with Crippen LogP contribution in [0.2, 0.25) is 0 Å². The van der Waals surface area contributed by atoms with Crippen LogP contribution in [0.1, 0.15) is 5.56 Å². The monoisotopic (exact) mass is 284 g/mol. The Morgan fingerprint density at radius 1 is 1.05 bits per heavy atom. The first kappa shape index (κ1) is 14.8. The van der Waals surface area contributed by atoms with Gasteiger partial charge in [0.05, 0.1) is 0 Å². The van der Waals surface area contributed by atoms with Crippen molar-refractivity contribution in [1.29, 1.82) is 0 Å². The Labute approximate surface area is 123 Å². The number of anilines is 2. The smallest absolute Gasteiger partial charge is 0.248 e. The van der Waals surface area contributed by atoms with E-state index in [2.05, 4.69) is 5.32 Å². The third-order valence-corrected chi connectivity index (χ3v) is 2.95. The number of carbonyl (C=O) groups is 1. The number of nitrogens with zero attached hydrogens (tertiary/aromatic N) is 1. The molecule has 0 unspecified atom stereocenters. The van der Waals surface area contributed by atoms with Crippen LogP contribution in [-0.4, -0.2) is 20.0 Å². The summed E-state index contributed by atoms with van der Waals surface area (Å²) in [5, 5.41) is 2.77. The number of nitrogens with one attached hydrogen (secondary N) is 1. The third-order valence-electron chi connectivity index (χ3n) is 2.95. The van der Waals surface area contributed by atoms with Gasteiger partial charge in [-0.1, -0.05) is 12.1 Å². The Hall–Kier alpha value is -2.62. The average molecular weight is 284 g/mol. The molecular formula is C17H17FN2O. The van der Waals surface area contributed by atoms with Gasteiger partial charge in [-0.15, -0.1) is 0 Å². The molecule has 0 aliphatic heterocycles. The molecule has 0 spiro atoms.